The van der Waals surface area contributed by atoms with E-state index in [1.165, 1.54) is 11.3 Å². The van der Waals surface area contributed by atoms with Gasteiger partial charge in [0, 0.05) is 28.5 Å². The molecule has 0 unspecified atom stereocenters. The van der Waals surface area contributed by atoms with Crippen LogP contribution in [0.2, 0.25) is 5.02 Å². The van der Waals surface area contributed by atoms with Gasteiger partial charge in [0.15, 0.2) is 0 Å². The lowest BCUT2D eigenvalue weighted by molar-refractivity contribution is -0.112. The lowest BCUT2D eigenvalue weighted by atomic mass is 9.87. The van der Waals surface area contributed by atoms with Crippen molar-refractivity contribution >= 4 is 40.5 Å². The monoisotopic (exact) mass is 419 g/mol. The molecule has 0 aromatic heterocycles. The van der Waals surface area contributed by atoms with E-state index in [1.807, 2.05) is 18.2 Å². The summed E-state index contributed by atoms with van der Waals surface area (Å²) in [6, 6.07) is 14.9. The third-order valence-corrected chi connectivity index (χ3v) is 5.48. The van der Waals surface area contributed by atoms with Gasteiger partial charge in [0.25, 0.3) is 5.91 Å². The van der Waals surface area contributed by atoms with Crippen molar-refractivity contribution in [2.24, 2.45) is 0 Å². The lowest BCUT2D eigenvalue weighted by Crippen LogP contribution is -2.45. The Kier molecular flexibility index (Phi) is 6.34. The smallest absolute Gasteiger partial charge is 0.266 e. The average molecular weight is 420 g/mol. The number of fused-ring (bicyclic) bond motifs is 1. The molecule has 2 aromatic carbocycles. The van der Waals surface area contributed by atoms with Crippen LogP contribution in [-0.2, 0) is 4.79 Å². The third kappa shape index (κ3) is 4.58. The van der Waals surface area contributed by atoms with Gasteiger partial charge in [-0.3, -0.25) is 4.79 Å². The highest BCUT2D eigenvalue weighted by Crippen LogP contribution is 2.39. The molecular formula is C25H26ClN3O. The van der Waals surface area contributed by atoms with Crippen LogP contribution in [-0.4, -0.2) is 18.0 Å². The van der Waals surface area contributed by atoms with Crippen LogP contribution in [0.1, 0.15) is 45.2 Å². The van der Waals surface area contributed by atoms with Gasteiger partial charge in [-0.05, 0) is 80.8 Å². The van der Waals surface area contributed by atoms with E-state index in [0.29, 0.717) is 10.7 Å². The predicted octanol–water partition coefficient (Wildman–Crippen LogP) is 6.30. The molecule has 1 heterocycles. The fraction of sp³-hybridized carbons (Fsp3) is 0.280. The Morgan fingerprint density at radius 3 is 2.57 bits per heavy atom. The fourth-order valence-corrected chi connectivity index (χ4v) is 4.00. The first-order valence-corrected chi connectivity index (χ1v) is 10.4. The number of allylic oxidation sites excluding steroid dienone is 1. The number of nitrogens with zero attached hydrogens (tertiary/aromatic N) is 2. The maximum atomic E-state index is 12.6. The molecule has 4 nitrogen and oxygen atoms in total. The second kappa shape index (κ2) is 8.77. The minimum atomic E-state index is -0.446. The SMILES string of the molecule is CCCN1c2ccc(/C=C(\C#N)C(=O)Nc3ccc(Cl)cc3)cc2C(C)=CC1(C)C. The van der Waals surface area contributed by atoms with Crippen molar-refractivity contribution < 1.29 is 4.79 Å². The van der Waals surface area contributed by atoms with Crippen LogP contribution in [0.5, 0.6) is 0 Å². The average Bonchev–Trinajstić information content (AvgIpc) is 2.70. The molecule has 1 aliphatic rings. The number of benzene rings is 2. The highest BCUT2D eigenvalue weighted by atomic mass is 35.5. The fourth-order valence-electron chi connectivity index (χ4n) is 3.87. The van der Waals surface area contributed by atoms with E-state index in [1.54, 1.807) is 30.3 Å². The van der Waals surface area contributed by atoms with Crippen molar-refractivity contribution in [2.75, 3.05) is 16.8 Å². The molecule has 1 amide bonds. The van der Waals surface area contributed by atoms with Gasteiger partial charge in [-0.2, -0.15) is 5.26 Å². The van der Waals surface area contributed by atoms with E-state index in [-0.39, 0.29) is 11.1 Å². The first-order chi connectivity index (χ1) is 14.2. The van der Waals surface area contributed by atoms with Crippen LogP contribution in [0.25, 0.3) is 11.6 Å². The second-order valence-electron chi connectivity index (χ2n) is 8.04. The molecule has 2 aromatic rings. The summed E-state index contributed by atoms with van der Waals surface area (Å²) in [4.78, 5) is 15.0. The van der Waals surface area contributed by atoms with Gasteiger partial charge in [0.1, 0.15) is 11.6 Å². The minimum absolute atomic E-state index is 0.0492. The van der Waals surface area contributed by atoms with E-state index in [2.05, 4.69) is 50.1 Å². The van der Waals surface area contributed by atoms with Gasteiger partial charge in [-0.1, -0.05) is 30.7 Å². The van der Waals surface area contributed by atoms with Gasteiger partial charge >= 0.3 is 0 Å². The van der Waals surface area contributed by atoms with Crippen molar-refractivity contribution in [3.63, 3.8) is 0 Å². The number of nitriles is 1. The summed E-state index contributed by atoms with van der Waals surface area (Å²) in [6.07, 6.45) is 4.96. The molecule has 3 rings (SSSR count). The first-order valence-electron chi connectivity index (χ1n) is 10.1. The summed E-state index contributed by atoms with van der Waals surface area (Å²) in [7, 11) is 0. The second-order valence-corrected chi connectivity index (χ2v) is 8.48. The zero-order chi connectivity index (χ0) is 21.9. The normalized spacial score (nSPS) is 15.1. The molecule has 0 fully saturated rings. The van der Waals surface area contributed by atoms with Crippen molar-refractivity contribution in [3.8, 4) is 6.07 Å². The van der Waals surface area contributed by atoms with Gasteiger partial charge in [0.05, 0.1) is 5.54 Å². The Morgan fingerprint density at radius 2 is 1.93 bits per heavy atom. The molecule has 154 valence electrons. The summed E-state index contributed by atoms with van der Waals surface area (Å²) in [5, 5.41) is 12.9. The van der Waals surface area contributed by atoms with Crippen molar-refractivity contribution in [3.05, 3.63) is 70.3 Å². The Hall–Kier alpha value is -3.03. The molecule has 0 atom stereocenters. The number of carbonyl (C=O) groups is 1. The Labute approximate surface area is 183 Å². The van der Waals surface area contributed by atoms with E-state index in [9.17, 15) is 10.1 Å². The topological polar surface area (TPSA) is 56.1 Å². The van der Waals surface area contributed by atoms with Crippen LogP contribution < -0.4 is 10.2 Å². The molecule has 30 heavy (non-hydrogen) atoms. The van der Waals surface area contributed by atoms with Gasteiger partial charge in [-0.15, -0.1) is 0 Å². The van der Waals surface area contributed by atoms with Crippen LogP contribution in [0, 0.1) is 11.3 Å². The summed E-state index contributed by atoms with van der Waals surface area (Å²) >= 11 is 5.88. The van der Waals surface area contributed by atoms with E-state index >= 15 is 0 Å². The maximum absolute atomic E-state index is 12.6. The Morgan fingerprint density at radius 1 is 1.23 bits per heavy atom. The summed E-state index contributed by atoms with van der Waals surface area (Å²) < 4.78 is 0. The summed E-state index contributed by atoms with van der Waals surface area (Å²) in [5.41, 5.74) is 4.92. The van der Waals surface area contributed by atoms with Crippen molar-refractivity contribution in [1.82, 2.24) is 0 Å². The van der Waals surface area contributed by atoms with Gasteiger partial charge in [-0.25, -0.2) is 0 Å². The van der Waals surface area contributed by atoms with Crippen LogP contribution >= 0.6 is 11.6 Å². The number of halogens is 1. The van der Waals surface area contributed by atoms with Crippen LogP contribution in [0.15, 0.2) is 54.1 Å². The zero-order valence-corrected chi connectivity index (χ0v) is 18.5. The number of rotatable bonds is 5. The number of anilines is 2. The molecule has 0 radical (unpaired) electrons. The number of hydrogen-bond donors (Lipinski definition) is 1. The van der Waals surface area contributed by atoms with Gasteiger partial charge in [0.2, 0.25) is 0 Å². The standard InChI is InChI=1S/C25H26ClN3O/c1-5-12-29-23-11-6-18(14-22(23)17(2)15-25(29,3)4)13-19(16-27)24(30)28-21-9-7-20(26)8-10-21/h6-11,13-15H,5,12H2,1-4H3,(H,28,30)/b19-13+. The molecule has 5 heteroatoms. The number of nitrogens with one attached hydrogen (secondary N) is 1. The van der Waals surface area contributed by atoms with E-state index in [0.717, 1.165) is 24.1 Å². The molecule has 0 spiro atoms. The predicted molar refractivity (Wildman–Crippen MR) is 125 cm³/mol. The van der Waals surface area contributed by atoms with E-state index < -0.39 is 5.91 Å². The van der Waals surface area contributed by atoms with Crippen molar-refractivity contribution in [2.45, 2.75) is 39.7 Å². The maximum Gasteiger partial charge on any atom is 0.266 e. The van der Waals surface area contributed by atoms with Crippen LogP contribution in [0.3, 0.4) is 0 Å². The molecule has 0 bridgehead atoms. The lowest BCUT2D eigenvalue weighted by Gasteiger charge is -2.43. The minimum Gasteiger partial charge on any atom is -0.362 e. The molecule has 0 aliphatic carbocycles. The van der Waals surface area contributed by atoms with Crippen LogP contribution in [0.4, 0.5) is 11.4 Å². The summed E-state index contributed by atoms with van der Waals surface area (Å²) in [6.45, 7) is 9.69. The quantitative estimate of drug-likeness (QED) is 0.457. The number of carbonyl (C=O) groups excluding carboxylic acids is 1. The third-order valence-electron chi connectivity index (χ3n) is 5.23. The molecule has 1 N–H and O–H groups in total. The molecule has 1 aliphatic heterocycles. The van der Waals surface area contributed by atoms with Gasteiger partial charge < -0.3 is 10.2 Å². The number of hydrogen-bond acceptors (Lipinski definition) is 3. The molecule has 0 saturated heterocycles. The van der Waals surface area contributed by atoms with E-state index in [4.69, 9.17) is 11.6 Å². The summed E-state index contributed by atoms with van der Waals surface area (Å²) in [5.74, 6) is -0.446. The Bertz CT molecular complexity index is 1060. The largest absolute Gasteiger partial charge is 0.362 e. The highest BCUT2D eigenvalue weighted by molar-refractivity contribution is 6.30. The first kappa shape index (κ1) is 21.7. The Balaban J connectivity index is 1.91. The van der Waals surface area contributed by atoms with Crippen molar-refractivity contribution in [1.29, 1.82) is 5.26 Å². The number of amides is 1. The zero-order valence-electron chi connectivity index (χ0n) is 17.8. The molecular weight excluding hydrogens is 394 g/mol. The molecule has 0 saturated carbocycles. The highest BCUT2D eigenvalue weighted by Gasteiger charge is 2.30.